The summed E-state index contributed by atoms with van der Waals surface area (Å²) in [4.78, 5) is 2.15. The monoisotopic (exact) mass is 279 g/mol. The van der Waals surface area contributed by atoms with Crippen LogP contribution in [0.2, 0.25) is 0 Å². The van der Waals surface area contributed by atoms with E-state index < -0.39 is 0 Å². The fourth-order valence-corrected chi connectivity index (χ4v) is 2.41. The van der Waals surface area contributed by atoms with Crippen LogP contribution in [0.25, 0.3) is 0 Å². The Labute approximate surface area is 123 Å². The Bertz CT molecular complexity index is 402. The molecule has 0 aliphatic rings. The largest absolute Gasteiger partial charge is 0.493 e. The van der Waals surface area contributed by atoms with Gasteiger partial charge in [0.25, 0.3) is 0 Å². The molecule has 1 rings (SSSR count). The van der Waals surface area contributed by atoms with Crippen molar-refractivity contribution in [2.45, 2.75) is 45.6 Å². The third-order valence-corrected chi connectivity index (χ3v) is 3.53. The number of ether oxygens (including phenoxy) is 1. The molecule has 1 aromatic carbocycles. The van der Waals surface area contributed by atoms with Crippen molar-refractivity contribution in [1.82, 2.24) is 4.90 Å². The molecule has 0 saturated carbocycles. The predicted octanol–water partition coefficient (Wildman–Crippen LogP) is 3.58. The first kappa shape index (κ1) is 17.0. The average molecular weight is 279 g/mol. The predicted molar refractivity (Wildman–Crippen MR) is 84.4 cm³/mol. The number of hydrogen-bond acceptors (Lipinski definition) is 3. The molecule has 1 N–H and O–H groups in total. The third-order valence-electron chi connectivity index (χ3n) is 3.53. The van der Waals surface area contributed by atoms with Gasteiger partial charge in [-0.1, -0.05) is 32.9 Å². The van der Waals surface area contributed by atoms with E-state index in [0.29, 0.717) is 5.92 Å². The van der Waals surface area contributed by atoms with Gasteiger partial charge < -0.3 is 14.7 Å². The molecule has 0 saturated heterocycles. The summed E-state index contributed by atoms with van der Waals surface area (Å²) >= 11 is 0. The fraction of sp³-hybridized carbons (Fsp3) is 0.647. The van der Waals surface area contributed by atoms with Gasteiger partial charge in [-0.2, -0.15) is 0 Å². The Morgan fingerprint density at radius 3 is 2.45 bits per heavy atom. The van der Waals surface area contributed by atoms with Crippen LogP contribution in [0.15, 0.2) is 18.2 Å². The van der Waals surface area contributed by atoms with E-state index in [1.165, 1.54) is 11.1 Å². The standard InChI is InChI=1S/C17H29NO2/c1-6-11-20-17-8-7-14(12-15(17)13(2)3)16(9-10-19)18(4)5/h7-8,12-13,16,19H,6,9-11H2,1-5H3. The molecule has 0 aromatic heterocycles. The van der Waals surface area contributed by atoms with E-state index >= 15 is 0 Å². The minimum atomic E-state index is 0.202. The maximum Gasteiger partial charge on any atom is 0.122 e. The zero-order valence-corrected chi connectivity index (χ0v) is 13.5. The normalized spacial score (nSPS) is 13.0. The van der Waals surface area contributed by atoms with Gasteiger partial charge in [-0.3, -0.25) is 0 Å². The average Bonchev–Trinajstić information content (AvgIpc) is 2.42. The highest BCUT2D eigenvalue weighted by atomic mass is 16.5. The molecule has 1 atom stereocenters. The van der Waals surface area contributed by atoms with Crippen LogP contribution in [-0.4, -0.2) is 37.3 Å². The Morgan fingerprint density at radius 2 is 1.95 bits per heavy atom. The molecule has 1 unspecified atom stereocenters. The van der Waals surface area contributed by atoms with Crippen molar-refractivity contribution in [3.8, 4) is 5.75 Å². The van der Waals surface area contributed by atoms with Crippen LogP contribution in [0.4, 0.5) is 0 Å². The van der Waals surface area contributed by atoms with Crippen LogP contribution in [0.1, 0.15) is 56.7 Å². The summed E-state index contributed by atoms with van der Waals surface area (Å²) < 4.78 is 5.84. The van der Waals surface area contributed by atoms with E-state index in [1.807, 2.05) is 0 Å². The van der Waals surface area contributed by atoms with E-state index in [-0.39, 0.29) is 12.6 Å². The highest BCUT2D eigenvalue weighted by Crippen LogP contribution is 2.32. The van der Waals surface area contributed by atoms with Gasteiger partial charge in [-0.05, 0) is 50.0 Å². The molecule has 0 aliphatic heterocycles. The van der Waals surface area contributed by atoms with Crippen molar-refractivity contribution >= 4 is 0 Å². The van der Waals surface area contributed by atoms with E-state index in [2.05, 4.69) is 58.0 Å². The van der Waals surface area contributed by atoms with Crippen LogP contribution in [0.5, 0.6) is 5.75 Å². The molecule has 0 spiro atoms. The van der Waals surface area contributed by atoms with E-state index in [1.54, 1.807) is 0 Å². The second kappa shape index (κ2) is 8.28. The maximum atomic E-state index is 9.24. The van der Waals surface area contributed by atoms with Gasteiger partial charge in [0, 0.05) is 12.6 Å². The van der Waals surface area contributed by atoms with Crippen molar-refractivity contribution in [2.24, 2.45) is 0 Å². The summed E-state index contributed by atoms with van der Waals surface area (Å²) in [5, 5.41) is 9.24. The van der Waals surface area contributed by atoms with E-state index in [4.69, 9.17) is 4.74 Å². The summed E-state index contributed by atoms with van der Waals surface area (Å²) in [5.74, 6) is 1.42. The topological polar surface area (TPSA) is 32.7 Å². The number of nitrogens with zero attached hydrogens (tertiary/aromatic N) is 1. The number of benzene rings is 1. The van der Waals surface area contributed by atoms with Gasteiger partial charge >= 0.3 is 0 Å². The van der Waals surface area contributed by atoms with Gasteiger partial charge in [-0.15, -0.1) is 0 Å². The van der Waals surface area contributed by atoms with Crippen LogP contribution in [0.3, 0.4) is 0 Å². The number of aliphatic hydroxyl groups is 1. The highest BCUT2D eigenvalue weighted by molar-refractivity contribution is 5.40. The van der Waals surface area contributed by atoms with Crippen LogP contribution in [-0.2, 0) is 0 Å². The summed E-state index contributed by atoms with van der Waals surface area (Å²) in [6.07, 6.45) is 1.77. The van der Waals surface area contributed by atoms with Crippen molar-refractivity contribution < 1.29 is 9.84 Å². The van der Waals surface area contributed by atoms with Gasteiger partial charge in [0.2, 0.25) is 0 Å². The zero-order chi connectivity index (χ0) is 15.1. The minimum absolute atomic E-state index is 0.202. The van der Waals surface area contributed by atoms with Gasteiger partial charge in [0.05, 0.1) is 6.61 Å². The quantitative estimate of drug-likeness (QED) is 0.789. The lowest BCUT2D eigenvalue weighted by Crippen LogP contribution is -2.21. The van der Waals surface area contributed by atoms with Crippen molar-refractivity contribution in [3.63, 3.8) is 0 Å². The first-order valence-electron chi connectivity index (χ1n) is 7.55. The lowest BCUT2D eigenvalue weighted by molar-refractivity contribution is 0.210. The highest BCUT2D eigenvalue weighted by Gasteiger charge is 2.17. The number of hydrogen-bond donors (Lipinski definition) is 1. The molecule has 0 aliphatic carbocycles. The Kier molecular flexibility index (Phi) is 7.03. The van der Waals surface area contributed by atoms with E-state index in [9.17, 15) is 5.11 Å². The molecule has 0 bridgehead atoms. The smallest absolute Gasteiger partial charge is 0.122 e. The van der Waals surface area contributed by atoms with Crippen molar-refractivity contribution in [3.05, 3.63) is 29.3 Å². The first-order chi connectivity index (χ1) is 9.51. The second-order valence-electron chi connectivity index (χ2n) is 5.79. The fourth-order valence-electron chi connectivity index (χ4n) is 2.41. The lowest BCUT2D eigenvalue weighted by atomic mass is 9.95. The summed E-state index contributed by atoms with van der Waals surface area (Å²) in [7, 11) is 4.10. The van der Waals surface area contributed by atoms with Gasteiger partial charge in [0.1, 0.15) is 5.75 Å². The molecule has 114 valence electrons. The molecular weight excluding hydrogens is 250 g/mol. The molecule has 3 heteroatoms. The molecule has 0 fully saturated rings. The summed E-state index contributed by atoms with van der Waals surface area (Å²) in [5.41, 5.74) is 2.50. The van der Waals surface area contributed by atoms with Gasteiger partial charge in [0.15, 0.2) is 0 Å². The van der Waals surface area contributed by atoms with Crippen LogP contribution in [0, 0.1) is 0 Å². The molecule has 0 heterocycles. The van der Waals surface area contributed by atoms with Crippen molar-refractivity contribution in [2.75, 3.05) is 27.3 Å². The first-order valence-corrected chi connectivity index (χ1v) is 7.55. The molecule has 20 heavy (non-hydrogen) atoms. The molecular formula is C17H29NO2. The molecule has 1 aromatic rings. The van der Waals surface area contributed by atoms with E-state index in [0.717, 1.165) is 25.2 Å². The minimum Gasteiger partial charge on any atom is -0.493 e. The second-order valence-corrected chi connectivity index (χ2v) is 5.79. The molecule has 0 amide bonds. The lowest BCUT2D eigenvalue weighted by Gasteiger charge is -2.25. The number of aliphatic hydroxyl groups excluding tert-OH is 1. The van der Waals surface area contributed by atoms with Crippen LogP contribution < -0.4 is 4.74 Å². The molecule has 0 radical (unpaired) electrons. The van der Waals surface area contributed by atoms with Crippen molar-refractivity contribution in [1.29, 1.82) is 0 Å². The third kappa shape index (κ3) is 4.50. The van der Waals surface area contributed by atoms with Gasteiger partial charge in [-0.25, -0.2) is 0 Å². The summed E-state index contributed by atoms with van der Waals surface area (Å²) in [6, 6.07) is 6.68. The SMILES string of the molecule is CCCOc1ccc(C(CCO)N(C)C)cc1C(C)C. The molecule has 3 nitrogen and oxygen atoms in total. The number of rotatable bonds is 8. The summed E-state index contributed by atoms with van der Waals surface area (Å²) in [6.45, 7) is 7.46. The Morgan fingerprint density at radius 1 is 1.25 bits per heavy atom. The van der Waals surface area contributed by atoms with Crippen LogP contribution >= 0.6 is 0 Å². The Hall–Kier alpha value is -1.06. The Balaban J connectivity index is 3.07. The zero-order valence-electron chi connectivity index (χ0n) is 13.5. The maximum absolute atomic E-state index is 9.24.